The molecule has 1 aliphatic rings. The zero-order chi connectivity index (χ0) is 12.5. The molecule has 1 atom stereocenters. The highest BCUT2D eigenvalue weighted by atomic mass is 35.5. The van der Waals surface area contributed by atoms with Crippen LogP contribution in [0.3, 0.4) is 0 Å². The van der Waals surface area contributed by atoms with Gasteiger partial charge >= 0.3 is 0 Å². The van der Waals surface area contributed by atoms with Crippen LogP contribution in [0.4, 0.5) is 0 Å². The van der Waals surface area contributed by atoms with Gasteiger partial charge in [0, 0.05) is 17.6 Å². The molecule has 0 radical (unpaired) electrons. The maximum absolute atomic E-state index is 12.2. The highest BCUT2D eigenvalue weighted by molar-refractivity contribution is 7.89. The molecule has 1 heterocycles. The van der Waals surface area contributed by atoms with E-state index in [1.54, 1.807) is 25.1 Å². The average Bonchev–Trinajstić information content (AvgIpc) is 2.73. The Morgan fingerprint density at radius 1 is 1.44 bits per heavy atom. The summed E-state index contributed by atoms with van der Waals surface area (Å²) in [6.45, 7) is 3.24. The maximum atomic E-state index is 12.2. The Bertz CT molecular complexity index is 514. The van der Waals surface area contributed by atoms with Gasteiger partial charge in [0.2, 0.25) is 10.0 Å². The molecule has 0 amide bonds. The van der Waals surface area contributed by atoms with Crippen molar-refractivity contribution in [3.05, 3.63) is 28.8 Å². The van der Waals surface area contributed by atoms with Crippen molar-refractivity contribution in [3.63, 3.8) is 0 Å². The third-order valence-corrected chi connectivity index (χ3v) is 4.96. The van der Waals surface area contributed by atoms with Crippen molar-refractivity contribution in [2.24, 2.45) is 0 Å². The molecule has 1 unspecified atom stereocenters. The summed E-state index contributed by atoms with van der Waals surface area (Å²) < 4.78 is 27.0. The molecular formula is C11H16Cl2N2O2S. The average molecular weight is 311 g/mol. The van der Waals surface area contributed by atoms with Crippen LogP contribution in [0, 0.1) is 6.92 Å². The van der Waals surface area contributed by atoms with E-state index in [9.17, 15) is 8.42 Å². The van der Waals surface area contributed by atoms with Crippen LogP contribution in [-0.4, -0.2) is 27.5 Å². The summed E-state index contributed by atoms with van der Waals surface area (Å²) in [7, 11) is -3.47. The first-order valence-electron chi connectivity index (χ1n) is 5.49. The minimum Gasteiger partial charge on any atom is -0.315 e. The van der Waals surface area contributed by atoms with Crippen LogP contribution >= 0.6 is 24.0 Å². The van der Waals surface area contributed by atoms with Gasteiger partial charge in [-0.25, -0.2) is 13.1 Å². The van der Waals surface area contributed by atoms with Gasteiger partial charge in [-0.1, -0.05) is 17.7 Å². The molecule has 1 aromatic carbocycles. The molecule has 4 nitrogen and oxygen atoms in total. The summed E-state index contributed by atoms with van der Waals surface area (Å²) in [4.78, 5) is 0.261. The summed E-state index contributed by atoms with van der Waals surface area (Å²) in [6.07, 6.45) is 0.818. The van der Waals surface area contributed by atoms with Crippen LogP contribution in [0.1, 0.15) is 12.0 Å². The predicted octanol–water partition coefficient (Wildman–Crippen LogP) is 1.71. The van der Waals surface area contributed by atoms with Crippen molar-refractivity contribution in [1.82, 2.24) is 10.0 Å². The molecule has 1 saturated heterocycles. The van der Waals surface area contributed by atoms with Crippen molar-refractivity contribution < 1.29 is 8.42 Å². The van der Waals surface area contributed by atoms with E-state index in [0.29, 0.717) is 17.1 Å². The predicted molar refractivity (Wildman–Crippen MR) is 75.0 cm³/mol. The molecule has 1 aliphatic heterocycles. The molecular weight excluding hydrogens is 295 g/mol. The maximum Gasteiger partial charge on any atom is 0.241 e. The summed E-state index contributed by atoms with van der Waals surface area (Å²) in [5, 5.41) is 3.59. The molecule has 1 fully saturated rings. The Morgan fingerprint density at radius 3 is 2.78 bits per heavy atom. The Morgan fingerprint density at radius 2 is 2.17 bits per heavy atom. The molecule has 1 aromatic rings. The van der Waals surface area contributed by atoms with Crippen molar-refractivity contribution >= 4 is 34.0 Å². The first-order chi connectivity index (χ1) is 8.00. The van der Waals surface area contributed by atoms with Crippen LogP contribution < -0.4 is 10.0 Å². The van der Waals surface area contributed by atoms with Crippen LogP contribution in [0.15, 0.2) is 23.1 Å². The van der Waals surface area contributed by atoms with Gasteiger partial charge in [-0.15, -0.1) is 12.4 Å². The van der Waals surface area contributed by atoms with Gasteiger partial charge in [0.1, 0.15) is 0 Å². The fourth-order valence-electron chi connectivity index (χ4n) is 1.92. The van der Waals surface area contributed by atoms with Gasteiger partial charge < -0.3 is 5.32 Å². The molecule has 102 valence electrons. The molecule has 0 aromatic heterocycles. The number of hydrogen-bond donors (Lipinski definition) is 2. The van der Waals surface area contributed by atoms with Crippen LogP contribution in [0.5, 0.6) is 0 Å². The van der Waals surface area contributed by atoms with Gasteiger partial charge in [-0.05, 0) is 37.6 Å². The molecule has 2 rings (SSSR count). The number of benzene rings is 1. The lowest BCUT2D eigenvalue weighted by molar-refractivity contribution is 0.559. The van der Waals surface area contributed by atoms with E-state index in [0.717, 1.165) is 13.0 Å². The molecule has 2 N–H and O–H groups in total. The third-order valence-electron chi connectivity index (χ3n) is 2.89. The second kappa shape index (κ2) is 6.21. The van der Waals surface area contributed by atoms with Crippen molar-refractivity contribution in [3.8, 4) is 0 Å². The summed E-state index contributed by atoms with van der Waals surface area (Å²) in [5.74, 6) is 0. The first kappa shape index (κ1) is 15.7. The smallest absolute Gasteiger partial charge is 0.241 e. The van der Waals surface area contributed by atoms with E-state index < -0.39 is 10.0 Å². The largest absolute Gasteiger partial charge is 0.315 e. The van der Waals surface area contributed by atoms with Gasteiger partial charge in [-0.3, -0.25) is 0 Å². The van der Waals surface area contributed by atoms with Gasteiger partial charge in [0.25, 0.3) is 0 Å². The van der Waals surface area contributed by atoms with Gasteiger partial charge in [-0.2, -0.15) is 0 Å². The Hall–Kier alpha value is -0.330. The number of halogens is 2. The lowest BCUT2D eigenvalue weighted by Crippen LogP contribution is -2.36. The van der Waals surface area contributed by atoms with Crippen LogP contribution in [0.2, 0.25) is 5.02 Å². The number of sulfonamides is 1. The fraction of sp³-hybridized carbons (Fsp3) is 0.455. The Labute approximate surface area is 119 Å². The molecule has 0 spiro atoms. The van der Waals surface area contributed by atoms with E-state index in [4.69, 9.17) is 11.6 Å². The zero-order valence-electron chi connectivity index (χ0n) is 9.94. The standard InChI is InChI=1S/C11H15ClN2O2S.ClH/c1-8-10(12)3-2-4-11(8)17(15,16)14-9-5-6-13-7-9;/h2-4,9,13-14H,5-7H2,1H3;1H. The molecule has 0 bridgehead atoms. The van der Waals surface area contributed by atoms with E-state index in [1.165, 1.54) is 0 Å². The first-order valence-corrected chi connectivity index (χ1v) is 7.35. The Balaban J connectivity index is 0.00000162. The summed E-state index contributed by atoms with van der Waals surface area (Å²) in [5.41, 5.74) is 0.590. The highest BCUT2D eigenvalue weighted by Crippen LogP contribution is 2.23. The Kier molecular flexibility index (Phi) is 5.43. The van der Waals surface area contributed by atoms with Crippen LogP contribution in [-0.2, 0) is 10.0 Å². The third kappa shape index (κ3) is 3.36. The van der Waals surface area contributed by atoms with Crippen molar-refractivity contribution in [2.75, 3.05) is 13.1 Å². The second-order valence-corrected chi connectivity index (χ2v) is 6.26. The quantitative estimate of drug-likeness (QED) is 0.893. The lowest BCUT2D eigenvalue weighted by atomic mass is 10.2. The van der Waals surface area contributed by atoms with Crippen LogP contribution in [0.25, 0.3) is 0 Å². The molecule has 0 saturated carbocycles. The second-order valence-electron chi connectivity index (χ2n) is 4.17. The minimum atomic E-state index is -3.47. The van der Waals surface area contributed by atoms with Crippen molar-refractivity contribution in [1.29, 1.82) is 0 Å². The minimum absolute atomic E-state index is 0. The van der Waals surface area contributed by atoms with E-state index >= 15 is 0 Å². The topological polar surface area (TPSA) is 58.2 Å². The van der Waals surface area contributed by atoms with Gasteiger partial charge in [0.05, 0.1) is 4.90 Å². The fourth-order valence-corrected chi connectivity index (χ4v) is 3.69. The van der Waals surface area contributed by atoms with E-state index in [1.807, 2.05) is 0 Å². The van der Waals surface area contributed by atoms with E-state index in [2.05, 4.69) is 10.0 Å². The van der Waals surface area contributed by atoms with Crippen molar-refractivity contribution in [2.45, 2.75) is 24.3 Å². The SMILES string of the molecule is Cc1c(Cl)cccc1S(=O)(=O)NC1CCNC1.Cl. The molecule has 0 aliphatic carbocycles. The molecule has 7 heteroatoms. The van der Waals surface area contributed by atoms with E-state index in [-0.39, 0.29) is 23.3 Å². The summed E-state index contributed by atoms with van der Waals surface area (Å²) >= 11 is 5.93. The number of hydrogen-bond acceptors (Lipinski definition) is 3. The normalized spacial score (nSPS) is 19.6. The molecule has 18 heavy (non-hydrogen) atoms. The summed E-state index contributed by atoms with van der Waals surface area (Å²) in [6, 6.07) is 4.88. The van der Waals surface area contributed by atoms with Gasteiger partial charge in [0.15, 0.2) is 0 Å². The zero-order valence-corrected chi connectivity index (χ0v) is 12.3. The number of rotatable bonds is 3. The highest BCUT2D eigenvalue weighted by Gasteiger charge is 2.24. The number of nitrogens with one attached hydrogen (secondary N) is 2. The monoisotopic (exact) mass is 310 g/mol. The lowest BCUT2D eigenvalue weighted by Gasteiger charge is -2.14.